The molecule has 0 aliphatic carbocycles. The lowest BCUT2D eigenvalue weighted by Gasteiger charge is -2.13. The van der Waals surface area contributed by atoms with Crippen molar-refractivity contribution in [3.8, 4) is 0 Å². The van der Waals surface area contributed by atoms with E-state index in [0.29, 0.717) is 6.42 Å². The van der Waals surface area contributed by atoms with Crippen LogP contribution in [-0.2, 0) is 14.6 Å². The minimum Gasteiger partial charge on any atom is -0.478 e. The summed E-state index contributed by atoms with van der Waals surface area (Å²) in [5, 5.41) is 8.83. The van der Waals surface area contributed by atoms with E-state index >= 15 is 0 Å². The molecule has 5 nitrogen and oxygen atoms in total. The van der Waals surface area contributed by atoms with Crippen molar-refractivity contribution in [2.75, 3.05) is 5.75 Å². The molecule has 0 amide bonds. The summed E-state index contributed by atoms with van der Waals surface area (Å²) in [4.78, 5) is 10.8. The van der Waals surface area contributed by atoms with Crippen LogP contribution in [0.25, 0.3) is 0 Å². The molecular weight excluding hydrogens is 339 g/mol. The molecule has 0 aromatic heterocycles. The second-order valence-corrected chi connectivity index (χ2v) is 7.81. The Kier molecular flexibility index (Phi) is 4.82. The molecule has 1 aliphatic rings. The van der Waals surface area contributed by atoms with Gasteiger partial charge in [-0.1, -0.05) is 23.2 Å². The van der Waals surface area contributed by atoms with Crippen molar-refractivity contribution in [1.29, 1.82) is 0 Å². The number of carboxylic acid groups (broad SMARTS) is 1. The van der Waals surface area contributed by atoms with Crippen molar-refractivity contribution in [1.82, 2.24) is 0 Å². The van der Waals surface area contributed by atoms with Crippen molar-refractivity contribution in [3.05, 3.63) is 27.7 Å². The zero-order valence-corrected chi connectivity index (χ0v) is 13.5. The van der Waals surface area contributed by atoms with Crippen LogP contribution in [0, 0.1) is 0 Å². The van der Waals surface area contributed by atoms with Crippen LogP contribution in [-0.4, -0.2) is 37.5 Å². The van der Waals surface area contributed by atoms with Gasteiger partial charge in [-0.15, -0.1) is 0 Å². The number of carboxylic acids is 1. The van der Waals surface area contributed by atoms with Crippen molar-refractivity contribution in [2.24, 2.45) is 0 Å². The lowest BCUT2D eigenvalue weighted by molar-refractivity contribution is 0.0688. The number of rotatable bonds is 4. The van der Waals surface area contributed by atoms with Crippen molar-refractivity contribution in [2.45, 2.75) is 36.9 Å². The fourth-order valence-corrected chi connectivity index (χ4v) is 4.66. The van der Waals surface area contributed by atoms with E-state index in [0.717, 1.165) is 18.6 Å². The molecule has 0 spiro atoms. The normalized spacial score (nSPS) is 22.4. The predicted octanol–water partition coefficient (Wildman–Crippen LogP) is 3.03. The summed E-state index contributed by atoms with van der Waals surface area (Å²) in [6.07, 6.45) is 1.08. The summed E-state index contributed by atoms with van der Waals surface area (Å²) in [5.41, 5.74) is -0.291. The first-order valence-electron chi connectivity index (χ1n) is 6.31. The number of halogens is 2. The first kappa shape index (κ1) is 16.5. The number of carbonyl (C=O) groups is 1. The molecule has 0 bridgehead atoms. The van der Waals surface area contributed by atoms with Gasteiger partial charge in [0.05, 0.1) is 38.5 Å². The Bertz CT molecular complexity index is 671. The predicted molar refractivity (Wildman–Crippen MR) is 79.0 cm³/mol. The monoisotopic (exact) mass is 352 g/mol. The third kappa shape index (κ3) is 3.69. The molecule has 0 saturated carbocycles. The number of benzene rings is 1. The second kappa shape index (κ2) is 6.12. The molecule has 1 heterocycles. The summed E-state index contributed by atoms with van der Waals surface area (Å²) in [6, 6.07) is 2.14. The third-order valence-electron chi connectivity index (χ3n) is 3.31. The van der Waals surface area contributed by atoms with E-state index in [1.54, 1.807) is 0 Å². The zero-order valence-electron chi connectivity index (χ0n) is 11.2. The highest BCUT2D eigenvalue weighted by molar-refractivity contribution is 7.91. The molecule has 116 valence electrons. The second-order valence-electron chi connectivity index (χ2n) is 5.00. The summed E-state index contributed by atoms with van der Waals surface area (Å²) in [7, 11) is -3.75. The van der Waals surface area contributed by atoms with E-state index in [1.807, 2.05) is 6.92 Å². The summed E-state index contributed by atoms with van der Waals surface area (Å²) in [6.45, 7) is 1.88. The van der Waals surface area contributed by atoms with Gasteiger partial charge in [0.25, 0.3) is 0 Å². The maximum atomic E-state index is 12.4. The van der Waals surface area contributed by atoms with E-state index in [9.17, 15) is 13.2 Å². The third-order valence-corrected chi connectivity index (χ3v) is 5.87. The number of sulfone groups is 1. The molecular formula is C13H14Cl2O5S. The highest BCUT2D eigenvalue weighted by atomic mass is 35.5. The molecule has 1 aromatic rings. The van der Waals surface area contributed by atoms with Crippen LogP contribution >= 0.6 is 23.2 Å². The highest BCUT2D eigenvalue weighted by Gasteiger charge is 2.30. The number of hydrogen-bond donors (Lipinski definition) is 1. The highest BCUT2D eigenvalue weighted by Crippen LogP contribution is 2.31. The van der Waals surface area contributed by atoms with Crippen LogP contribution in [0.3, 0.4) is 0 Å². The maximum Gasteiger partial charge on any atom is 0.337 e. The van der Waals surface area contributed by atoms with Crippen molar-refractivity contribution < 1.29 is 23.1 Å². The topological polar surface area (TPSA) is 80.7 Å². The minimum absolute atomic E-state index is 0.0282. The lowest BCUT2D eigenvalue weighted by Crippen LogP contribution is -2.22. The SMILES string of the molecule is CC1CCC(CS(=O)(=O)c2cc(C(=O)O)c(Cl)cc2Cl)O1. The van der Waals surface area contributed by atoms with Gasteiger partial charge in [0, 0.05) is 0 Å². The molecule has 1 aromatic carbocycles. The van der Waals surface area contributed by atoms with Crippen LogP contribution in [0.15, 0.2) is 17.0 Å². The van der Waals surface area contributed by atoms with Crippen molar-refractivity contribution in [3.63, 3.8) is 0 Å². The fourth-order valence-electron chi connectivity index (χ4n) is 2.27. The van der Waals surface area contributed by atoms with E-state index in [2.05, 4.69) is 0 Å². The number of aromatic carboxylic acids is 1. The Balaban J connectivity index is 2.35. The number of ether oxygens (including phenoxy) is 1. The van der Waals surface area contributed by atoms with Crippen LogP contribution < -0.4 is 0 Å². The van der Waals surface area contributed by atoms with Gasteiger partial charge in [-0.25, -0.2) is 13.2 Å². The average molecular weight is 353 g/mol. The summed E-state index contributed by atoms with van der Waals surface area (Å²) >= 11 is 11.7. The summed E-state index contributed by atoms with van der Waals surface area (Å²) in [5.74, 6) is -1.53. The molecule has 2 unspecified atom stereocenters. The first-order valence-corrected chi connectivity index (χ1v) is 8.72. The Morgan fingerprint density at radius 3 is 2.52 bits per heavy atom. The smallest absolute Gasteiger partial charge is 0.337 e. The van der Waals surface area contributed by atoms with Gasteiger partial charge in [-0.3, -0.25) is 0 Å². The van der Waals surface area contributed by atoms with E-state index in [4.69, 9.17) is 33.0 Å². The van der Waals surface area contributed by atoms with Crippen LogP contribution in [0.2, 0.25) is 10.0 Å². The first-order chi connectivity index (χ1) is 9.70. The van der Waals surface area contributed by atoms with Crippen LogP contribution in [0.5, 0.6) is 0 Å². The standard InChI is InChI=1S/C13H14Cl2O5S/c1-7-2-3-8(20-7)6-21(18,19)12-4-9(13(16)17)10(14)5-11(12)15/h4-5,7-8H,2-3,6H2,1H3,(H,16,17). The number of hydrogen-bond acceptors (Lipinski definition) is 4. The molecule has 1 saturated heterocycles. The van der Waals surface area contributed by atoms with E-state index in [1.165, 1.54) is 0 Å². The van der Waals surface area contributed by atoms with Gasteiger partial charge in [-0.2, -0.15) is 0 Å². The molecule has 1 aliphatic heterocycles. The van der Waals surface area contributed by atoms with Crippen LogP contribution in [0.4, 0.5) is 0 Å². The quantitative estimate of drug-likeness (QED) is 0.900. The van der Waals surface area contributed by atoms with Crippen molar-refractivity contribution >= 4 is 39.0 Å². The Morgan fingerprint density at radius 2 is 2.00 bits per heavy atom. The van der Waals surface area contributed by atoms with Gasteiger partial charge in [0.15, 0.2) is 9.84 Å². The molecule has 1 N–H and O–H groups in total. The van der Waals surface area contributed by atoms with Gasteiger partial charge < -0.3 is 9.84 Å². The van der Waals surface area contributed by atoms with Gasteiger partial charge in [0.1, 0.15) is 0 Å². The molecule has 2 atom stereocenters. The van der Waals surface area contributed by atoms with E-state index in [-0.39, 0.29) is 32.4 Å². The zero-order chi connectivity index (χ0) is 15.8. The Morgan fingerprint density at radius 1 is 1.33 bits per heavy atom. The van der Waals surface area contributed by atoms with Gasteiger partial charge in [-0.05, 0) is 31.9 Å². The average Bonchev–Trinajstić information content (AvgIpc) is 2.72. The maximum absolute atomic E-state index is 12.4. The molecule has 2 rings (SSSR count). The fraction of sp³-hybridized carbons (Fsp3) is 0.462. The molecule has 21 heavy (non-hydrogen) atoms. The summed E-state index contributed by atoms with van der Waals surface area (Å²) < 4.78 is 30.3. The van der Waals surface area contributed by atoms with Gasteiger partial charge in [0.2, 0.25) is 0 Å². The van der Waals surface area contributed by atoms with E-state index < -0.39 is 21.9 Å². The molecule has 8 heteroatoms. The minimum atomic E-state index is -3.75. The Hall–Kier alpha value is -0.820. The largest absolute Gasteiger partial charge is 0.478 e. The Labute approximate surface area is 132 Å². The molecule has 1 fully saturated rings. The van der Waals surface area contributed by atoms with Crippen LogP contribution in [0.1, 0.15) is 30.1 Å². The van der Waals surface area contributed by atoms with Gasteiger partial charge >= 0.3 is 5.97 Å². The molecule has 0 radical (unpaired) electrons. The lowest BCUT2D eigenvalue weighted by atomic mass is 10.2.